The van der Waals surface area contributed by atoms with Gasteiger partial charge in [-0.25, -0.2) is 9.69 Å². The van der Waals surface area contributed by atoms with Crippen LogP contribution in [-0.4, -0.2) is 46.7 Å². The lowest BCUT2D eigenvalue weighted by Crippen LogP contribution is -2.36. The lowest BCUT2D eigenvalue weighted by atomic mass is 9.95. The zero-order valence-electron chi connectivity index (χ0n) is 18.2. The molecule has 34 heavy (non-hydrogen) atoms. The number of hydrogen-bond donors (Lipinski definition) is 1. The van der Waals surface area contributed by atoms with Gasteiger partial charge < -0.3 is 15.0 Å². The van der Waals surface area contributed by atoms with E-state index in [-0.39, 0.29) is 36.4 Å². The summed E-state index contributed by atoms with van der Waals surface area (Å²) in [6, 6.07) is 7.24. The van der Waals surface area contributed by atoms with E-state index in [4.69, 9.17) is 0 Å². The number of imide groups is 1. The molecule has 0 spiro atoms. The van der Waals surface area contributed by atoms with Crippen molar-refractivity contribution in [2.45, 2.75) is 51.1 Å². The lowest BCUT2D eigenvalue weighted by Gasteiger charge is -2.22. The number of urea groups is 1. The normalized spacial score (nSPS) is 17.3. The molecular formula is C23H23F3N4O4. The molecule has 1 aliphatic heterocycles. The molecule has 0 radical (unpaired) electrons. The molecule has 1 saturated carbocycles. The van der Waals surface area contributed by atoms with Crippen LogP contribution in [0.1, 0.15) is 48.2 Å². The SMILES string of the molecule is O=C(NC1CCCCC1)c1cc(CN2CC(=O)N(c3ccc(OC(F)(F)F)cc3)C2=O)ccn1. The van der Waals surface area contributed by atoms with Gasteiger partial charge in [0.15, 0.2) is 0 Å². The van der Waals surface area contributed by atoms with Crippen LogP contribution in [0.4, 0.5) is 23.7 Å². The van der Waals surface area contributed by atoms with Gasteiger partial charge in [0.25, 0.3) is 11.8 Å². The molecule has 0 unspecified atom stereocenters. The fourth-order valence-corrected chi connectivity index (χ4v) is 4.15. The first-order chi connectivity index (χ1) is 16.2. The smallest absolute Gasteiger partial charge is 0.406 e. The summed E-state index contributed by atoms with van der Waals surface area (Å²) < 4.78 is 40.8. The monoisotopic (exact) mass is 476 g/mol. The summed E-state index contributed by atoms with van der Waals surface area (Å²) in [5, 5.41) is 2.99. The first-order valence-electron chi connectivity index (χ1n) is 10.9. The van der Waals surface area contributed by atoms with Crippen LogP contribution in [0.25, 0.3) is 0 Å². The molecule has 0 bridgehead atoms. The number of carbonyl (C=O) groups is 3. The molecule has 8 nitrogen and oxygen atoms in total. The molecule has 180 valence electrons. The molecule has 4 amide bonds. The van der Waals surface area contributed by atoms with Crippen molar-refractivity contribution >= 4 is 23.5 Å². The Labute approximate surface area is 193 Å². The van der Waals surface area contributed by atoms with Gasteiger partial charge in [-0.15, -0.1) is 13.2 Å². The Morgan fingerprint density at radius 3 is 2.47 bits per heavy atom. The average Bonchev–Trinajstić information content (AvgIpc) is 3.07. The summed E-state index contributed by atoms with van der Waals surface area (Å²) in [4.78, 5) is 44.2. The Morgan fingerprint density at radius 2 is 1.79 bits per heavy atom. The van der Waals surface area contributed by atoms with Crippen molar-refractivity contribution < 1.29 is 32.3 Å². The van der Waals surface area contributed by atoms with E-state index in [0.717, 1.165) is 42.7 Å². The van der Waals surface area contributed by atoms with E-state index >= 15 is 0 Å². The summed E-state index contributed by atoms with van der Waals surface area (Å²) >= 11 is 0. The fourth-order valence-electron chi connectivity index (χ4n) is 4.15. The summed E-state index contributed by atoms with van der Waals surface area (Å²) in [5.74, 6) is -1.25. The maximum absolute atomic E-state index is 12.8. The van der Waals surface area contributed by atoms with Crippen LogP contribution in [0.15, 0.2) is 42.6 Å². The maximum atomic E-state index is 12.8. The molecule has 2 aliphatic rings. The predicted octanol–water partition coefficient (Wildman–Crippen LogP) is 4.01. The van der Waals surface area contributed by atoms with Gasteiger partial charge in [0.1, 0.15) is 18.0 Å². The van der Waals surface area contributed by atoms with E-state index in [9.17, 15) is 27.6 Å². The zero-order valence-corrected chi connectivity index (χ0v) is 18.2. The third-order valence-corrected chi connectivity index (χ3v) is 5.74. The summed E-state index contributed by atoms with van der Waals surface area (Å²) in [6.07, 6.45) is 1.85. The third-order valence-electron chi connectivity index (χ3n) is 5.74. The molecular weight excluding hydrogens is 453 g/mol. The van der Waals surface area contributed by atoms with Crippen LogP contribution in [0.2, 0.25) is 0 Å². The van der Waals surface area contributed by atoms with Crippen LogP contribution >= 0.6 is 0 Å². The molecule has 4 rings (SSSR count). The number of ether oxygens (including phenoxy) is 1. The number of amides is 4. The maximum Gasteiger partial charge on any atom is 0.573 e. The number of benzene rings is 1. The van der Waals surface area contributed by atoms with Crippen LogP contribution < -0.4 is 15.0 Å². The van der Waals surface area contributed by atoms with Crippen LogP contribution in [0, 0.1) is 0 Å². The predicted molar refractivity (Wildman–Crippen MR) is 115 cm³/mol. The molecule has 11 heteroatoms. The molecule has 1 N–H and O–H groups in total. The van der Waals surface area contributed by atoms with E-state index in [1.165, 1.54) is 29.7 Å². The molecule has 1 aliphatic carbocycles. The van der Waals surface area contributed by atoms with Gasteiger partial charge in [0.05, 0.1) is 5.69 Å². The highest BCUT2D eigenvalue weighted by atomic mass is 19.4. The Morgan fingerprint density at radius 1 is 1.09 bits per heavy atom. The van der Waals surface area contributed by atoms with Gasteiger partial charge >= 0.3 is 12.4 Å². The van der Waals surface area contributed by atoms with Crippen LogP contribution in [-0.2, 0) is 11.3 Å². The minimum Gasteiger partial charge on any atom is -0.406 e. The Balaban J connectivity index is 1.41. The minimum absolute atomic E-state index is 0.0720. The summed E-state index contributed by atoms with van der Waals surface area (Å²) in [6.45, 7) is -0.131. The van der Waals surface area contributed by atoms with Crippen molar-refractivity contribution in [3.63, 3.8) is 0 Å². The number of nitrogens with zero attached hydrogens (tertiary/aromatic N) is 3. The summed E-state index contributed by atoms with van der Waals surface area (Å²) in [7, 11) is 0. The van der Waals surface area contributed by atoms with Crippen LogP contribution in [0.5, 0.6) is 5.75 Å². The van der Waals surface area contributed by atoms with Crippen molar-refractivity contribution in [2.75, 3.05) is 11.4 Å². The van der Waals surface area contributed by atoms with Crippen molar-refractivity contribution in [3.8, 4) is 5.75 Å². The topological polar surface area (TPSA) is 91.8 Å². The standard InChI is InChI=1S/C23H23F3N4O4/c24-23(25,26)34-18-8-6-17(7-9-18)30-20(31)14-29(22(30)33)13-15-10-11-27-19(12-15)21(32)28-16-4-2-1-3-5-16/h6-12,16H,1-5,13-14H2,(H,28,32). The number of pyridine rings is 1. The molecule has 1 aromatic heterocycles. The van der Waals surface area contributed by atoms with Crippen molar-refractivity contribution in [2.24, 2.45) is 0 Å². The lowest BCUT2D eigenvalue weighted by molar-refractivity contribution is -0.274. The Hall–Kier alpha value is -3.63. The molecule has 0 atom stereocenters. The second-order valence-electron chi connectivity index (χ2n) is 8.27. The molecule has 1 aromatic carbocycles. The Bertz CT molecular complexity index is 1070. The first-order valence-corrected chi connectivity index (χ1v) is 10.9. The van der Waals surface area contributed by atoms with Gasteiger partial charge in [-0.05, 0) is 54.8 Å². The molecule has 2 fully saturated rings. The van der Waals surface area contributed by atoms with Crippen molar-refractivity contribution in [3.05, 3.63) is 53.9 Å². The number of halogens is 3. The number of anilines is 1. The van der Waals surface area contributed by atoms with Crippen LogP contribution in [0.3, 0.4) is 0 Å². The average molecular weight is 476 g/mol. The highest BCUT2D eigenvalue weighted by Gasteiger charge is 2.37. The number of alkyl halides is 3. The number of rotatable bonds is 6. The van der Waals surface area contributed by atoms with Gasteiger partial charge in [0, 0.05) is 18.8 Å². The van der Waals surface area contributed by atoms with E-state index in [0.29, 0.717) is 5.56 Å². The number of aromatic nitrogens is 1. The largest absolute Gasteiger partial charge is 0.573 e. The summed E-state index contributed by atoms with van der Waals surface area (Å²) in [5.41, 5.74) is 0.994. The molecule has 2 aromatic rings. The number of nitrogens with one attached hydrogen (secondary N) is 1. The highest BCUT2D eigenvalue weighted by molar-refractivity contribution is 6.19. The number of hydrogen-bond acceptors (Lipinski definition) is 5. The van der Waals surface area contributed by atoms with Gasteiger partial charge in [-0.3, -0.25) is 14.6 Å². The first kappa shape index (κ1) is 23.5. The van der Waals surface area contributed by atoms with Crippen molar-refractivity contribution in [1.82, 2.24) is 15.2 Å². The molecule has 2 heterocycles. The third kappa shape index (κ3) is 5.64. The highest BCUT2D eigenvalue weighted by Crippen LogP contribution is 2.28. The Kier molecular flexibility index (Phi) is 6.71. The second kappa shape index (κ2) is 9.70. The minimum atomic E-state index is -4.84. The van der Waals surface area contributed by atoms with E-state index in [2.05, 4.69) is 15.0 Å². The van der Waals surface area contributed by atoms with Crippen molar-refractivity contribution in [1.29, 1.82) is 0 Å². The van der Waals surface area contributed by atoms with E-state index in [1.54, 1.807) is 12.1 Å². The van der Waals surface area contributed by atoms with E-state index in [1.807, 2.05) is 0 Å². The van der Waals surface area contributed by atoms with Gasteiger partial charge in [0.2, 0.25) is 0 Å². The van der Waals surface area contributed by atoms with E-state index < -0.39 is 24.1 Å². The van der Waals surface area contributed by atoms with Gasteiger partial charge in [-0.2, -0.15) is 0 Å². The second-order valence-corrected chi connectivity index (χ2v) is 8.27. The quantitative estimate of drug-likeness (QED) is 0.636. The molecule has 1 saturated heterocycles. The van der Waals surface area contributed by atoms with Gasteiger partial charge in [-0.1, -0.05) is 19.3 Å². The fraction of sp³-hybridized carbons (Fsp3) is 0.391. The number of carbonyl (C=O) groups excluding carboxylic acids is 3. The zero-order chi connectivity index (χ0) is 24.3.